The molecule has 1 aromatic heterocycles. The van der Waals surface area contributed by atoms with Crippen LogP contribution < -0.4 is 5.32 Å². The van der Waals surface area contributed by atoms with Crippen LogP contribution in [0.15, 0.2) is 34.7 Å². The average molecular weight is 356 g/mol. The first kappa shape index (κ1) is 21.0. The van der Waals surface area contributed by atoms with Gasteiger partial charge in [-0.2, -0.15) is 5.26 Å². The molecule has 0 fully saturated rings. The molecule has 2 aromatic rings. The third kappa shape index (κ3) is 5.21. The number of carboxylic acid groups (broad SMARTS) is 1. The summed E-state index contributed by atoms with van der Waals surface area (Å²) in [5, 5.41) is 18.6. The SMILES string of the molecule is CNC(=O)c1cc(C)c(C(c2cccc(C)c2)C(C)CC#N)o1.O=CO. The molecule has 2 rings (SSSR count). The van der Waals surface area contributed by atoms with Crippen LogP contribution in [-0.2, 0) is 4.79 Å². The molecule has 1 aromatic carbocycles. The van der Waals surface area contributed by atoms with Crippen LogP contribution in [0.3, 0.4) is 0 Å². The normalized spacial score (nSPS) is 12.1. The first-order chi connectivity index (χ1) is 12.4. The Balaban J connectivity index is 0.00000105. The molecule has 26 heavy (non-hydrogen) atoms. The number of nitriles is 1. The highest BCUT2D eigenvalue weighted by molar-refractivity contribution is 5.91. The maximum atomic E-state index is 11.8. The molecular formula is C20H24N2O4. The van der Waals surface area contributed by atoms with E-state index in [2.05, 4.69) is 17.5 Å². The lowest BCUT2D eigenvalue weighted by atomic mass is 9.82. The Morgan fingerprint density at radius 1 is 1.38 bits per heavy atom. The lowest BCUT2D eigenvalue weighted by Gasteiger charge is -2.22. The van der Waals surface area contributed by atoms with Crippen LogP contribution in [0.1, 0.15) is 52.3 Å². The Hall–Kier alpha value is -3.07. The second kappa shape index (κ2) is 10.0. The molecule has 1 heterocycles. The predicted octanol–water partition coefficient (Wildman–Crippen LogP) is 3.64. The Kier molecular flexibility index (Phi) is 8.10. The zero-order valence-electron chi connectivity index (χ0n) is 15.4. The van der Waals surface area contributed by atoms with Gasteiger partial charge in [0.15, 0.2) is 5.76 Å². The summed E-state index contributed by atoms with van der Waals surface area (Å²) in [7, 11) is 1.58. The van der Waals surface area contributed by atoms with E-state index in [4.69, 9.17) is 19.6 Å². The largest absolute Gasteiger partial charge is 0.483 e. The van der Waals surface area contributed by atoms with E-state index in [1.807, 2.05) is 39.0 Å². The number of benzene rings is 1. The van der Waals surface area contributed by atoms with Gasteiger partial charge in [-0.1, -0.05) is 36.8 Å². The standard InChI is InChI=1S/C19H22N2O2.CH2O2/c1-12-6-5-7-15(10-12)17(13(2)8-9-20)18-14(3)11-16(23-18)19(22)21-4;2-1-3/h5-7,10-11,13,17H,8H2,1-4H3,(H,21,22);1H,(H,2,3). The summed E-state index contributed by atoms with van der Waals surface area (Å²) in [4.78, 5) is 20.2. The van der Waals surface area contributed by atoms with Crippen molar-refractivity contribution in [3.63, 3.8) is 0 Å². The van der Waals surface area contributed by atoms with E-state index in [1.165, 1.54) is 0 Å². The molecular weight excluding hydrogens is 332 g/mol. The van der Waals surface area contributed by atoms with E-state index >= 15 is 0 Å². The molecule has 138 valence electrons. The lowest BCUT2D eigenvalue weighted by Crippen LogP contribution is -2.17. The Morgan fingerprint density at radius 3 is 2.58 bits per heavy atom. The molecule has 0 bridgehead atoms. The van der Waals surface area contributed by atoms with Gasteiger partial charge in [0, 0.05) is 19.4 Å². The van der Waals surface area contributed by atoms with Crippen LogP contribution in [0, 0.1) is 31.1 Å². The number of carbonyl (C=O) groups is 2. The van der Waals surface area contributed by atoms with E-state index in [-0.39, 0.29) is 24.2 Å². The maximum absolute atomic E-state index is 11.8. The third-order valence-corrected chi connectivity index (χ3v) is 4.07. The Morgan fingerprint density at radius 2 is 2.04 bits per heavy atom. The van der Waals surface area contributed by atoms with Crippen molar-refractivity contribution in [1.82, 2.24) is 5.32 Å². The molecule has 0 aliphatic carbocycles. The van der Waals surface area contributed by atoms with Crippen molar-refractivity contribution in [2.75, 3.05) is 7.05 Å². The number of nitrogens with one attached hydrogen (secondary N) is 1. The summed E-state index contributed by atoms with van der Waals surface area (Å²) in [6, 6.07) is 12.2. The smallest absolute Gasteiger partial charge is 0.290 e. The van der Waals surface area contributed by atoms with Crippen molar-refractivity contribution in [3.8, 4) is 6.07 Å². The summed E-state index contributed by atoms with van der Waals surface area (Å²) in [6.45, 7) is 5.77. The number of rotatable bonds is 5. The van der Waals surface area contributed by atoms with Crippen LogP contribution in [0.25, 0.3) is 0 Å². The fourth-order valence-electron chi connectivity index (χ4n) is 2.90. The monoisotopic (exact) mass is 356 g/mol. The van der Waals surface area contributed by atoms with Crippen LogP contribution >= 0.6 is 0 Å². The highest BCUT2D eigenvalue weighted by atomic mass is 16.4. The van der Waals surface area contributed by atoms with E-state index < -0.39 is 0 Å². The van der Waals surface area contributed by atoms with Crippen LogP contribution in [-0.4, -0.2) is 24.5 Å². The second-order valence-corrected chi connectivity index (χ2v) is 6.07. The van der Waals surface area contributed by atoms with E-state index in [0.717, 1.165) is 22.5 Å². The minimum atomic E-state index is -0.250. The molecule has 2 atom stereocenters. The van der Waals surface area contributed by atoms with Gasteiger partial charge in [0.05, 0.1) is 6.07 Å². The molecule has 0 aliphatic heterocycles. The van der Waals surface area contributed by atoms with Crippen LogP contribution in [0.2, 0.25) is 0 Å². The average Bonchev–Trinajstić information content (AvgIpc) is 2.97. The number of carbonyl (C=O) groups excluding carboxylic acids is 1. The zero-order chi connectivity index (χ0) is 19.7. The fourth-order valence-corrected chi connectivity index (χ4v) is 2.90. The quantitative estimate of drug-likeness (QED) is 0.796. The van der Waals surface area contributed by atoms with Gasteiger partial charge in [0.2, 0.25) is 0 Å². The summed E-state index contributed by atoms with van der Waals surface area (Å²) in [5.74, 6) is 0.867. The molecule has 2 N–H and O–H groups in total. The third-order valence-electron chi connectivity index (χ3n) is 4.07. The molecule has 0 spiro atoms. The summed E-state index contributed by atoms with van der Waals surface area (Å²) < 4.78 is 5.87. The van der Waals surface area contributed by atoms with Gasteiger partial charge in [-0.25, -0.2) is 0 Å². The Labute approximate surface area is 153 Å². The van der Waals surface area contributed by atoms with Gasteiger partial charge in [0.25, 0.3) is 12.4 Å². The number of furan rings is 1. The van der Waals surface area contributed by atoms with E-state index in [1.54, 1.807) is 13.1 Å². The number of aryl methyl sites for hydroxylation is 2. The van der Waals surface area contributed by atoms with Gasteiger partial charge in [0.1, 0.15) is 5.76 Å². The minimum absolute atomic E-state index is 0.0482. The molecule has 0 saturated heterocycles. The zero-order valence-corrected chi connectivity index (χ0v) is 15.4. The second-order valence-electron chi connectivity index (χ2n) is 6.07. The minimum Gasteiger partial charge on any atom is -0.483 e. The van der Waals surface area contributed by atoms with Crippen molar-refractivity contribution in [3.05, 3.63) is 58.5 Å². The first-order valence-corrected chi connectivity index (χ1v) is 8.23. The van der Waals surface area contributed by atoms with Crippen molar-refractivity contribution >= 4 is 12.4 Å². The van der Waals surface area contributed by atoms with E-state index in [9.17, 15) is 4.79 Å². The van der Waals surface area contributed by atoms with Gasteiger partial charge < -0.3 is 14.8 Å². The van der Waals surface area contributed by atoms with Crippen LogP contribution in [0.4, 0.5) is 0 Å². The van der Waals surface area contributed by atoms with Crippen molar-refractivity contribution < 1.29 is 19.1 Å². The van der Waals surface area contributed by atoms with Gasteiger partial charge >= 0.3 is 0 Å². The number of amides is 1. The molecule has 1 amide bonds. The van der Waals surface area contributed by atoms with Crippen molar-refractivity contribution in [1.29, 1.82) is 5.26 Å². The van der Waals surface area contributed by atoms with E-state index in [0.29, 0.717) is 12.2 Å². The maximum Gasteiger partial charge on any atom is 0.290 e. The summed E-state index contributed by atoms with van der Waals surface area (Å²) in [5.41, 5.74) is 3.20. The predicted molar refractivity (Wildman–Crippen MR) is 97.9 cm³/mol. The van der Waals surface area contributed by atoms with Gasteiger partial charge in [-0.3, -0.25) is 9.59 Å². The number of nitrogens with zero attached hydrogens (tertiary/aromatic N) is 1. The fraction of sp³-hybridized carbons (Fsp3) is 0.350. The summed E-state index contributed by atoms with van der Waals surface area (Å²) in [6.07, 6.45) is 0.425. The van der Waals surface area contributed by atoms with Crippen molar-refractivity contribution in [2.24, 2.45) is 5.92 Å². The molecule has 0 saturated carbocycles. The van der Waals surface area contributed by atoms with Gasteiger partial charge in [-0.05, 0) is 37.0 Å². The first-order valence-electron chi connectivity index (χ1n) is 8.23. The molecule has 6 heteroatoms. The van der Waals surface area contributed by atoms with Crippen molar-refractivity contribution in [2.45, 2.75) is 33.1 Å². The molecule has 0 radical (unpaired) electrons. The van der Waals surface area contributed by atoms with Gasteiger partial charge in [-0.15, -0.1) is 0 Å². The molecule has 2 unspecified atom stereocenters. The van der Waals surface area contributed by atoms with Crippen LogP contribution in [0.5, 0.6) is 0 Å². The topological polar surface area (TPSA) is 103 Å². The number of hydrogen-bond donors (Lipinski definition) is 2. The highest BCUT2D eigenvalue weighted by Crippen LogP contribution is 2.37. The molecule has 6 nitrogen and oxygen atoms in total. The highest BCUT2D eigenvalue weighted by Gasteiger charge is 2.27. The lowest BCUT2D eigenvalue weighted by molar-refractivity contribution is -0.122. The number of hydrogen-bond acceptors (Lipinski definition) is 4. The Bertz CT molecular complexity index is 789. The molecule has 0 aliphatic rings. The summed E-state index contributed by atoms with van der Waals surface area (Å²) >= 11 is 0.